The third kappa shape index (κ3) is 4.15. The molecule has 1 saturated carbocycles. The summed E-state index contributed by atoms with van der Waals surface area (Å²) in [5, 5.41) is 3.16. The number of ether oxygens (including phenoxy) is 1. The van der Waals surface area contributed by atoms with Crippen molar-refractivity contribution in [3.05, 3.63) is 0 Å². The summed E-state index contributed by atoms with van der Waals surface area (Å²) in [6, 6.07) is 0.495. The number of morpholine rings is 1. The molecule has 7 heteroatoms. The summed E-state index contributed by atoms with van der Waals surface area (Å²) in [6.45, 7) is 3.09. The molecule has 1 aliphatic heterocycles. The maximum Gasteiger partial charge on any atom is 0.224 e. The lowest BCUT2D eigenvalue weighted by atomic mass is 10.3. The maximum atomic E-state index is 11.8. The van der Waals surface area contributed by atoms with E-state index in [1.165, 1.54) is 0 Å². The third-order valence-electron chi connectivity index (χ3n) is 3.01. The molecule has 0 aromatic carbocycles. The molecule has 18 heavy (non-hydrogen) atoms. The lowest BCUT2D eigenvalue weighted by molar-refractivity contribution is -0.135. The zero-order chi connectivity index (χ0) is 12.8. The van der Waals surface area contributed by atoms with Crippen LogP contribution < -0.4 is 16.6 Å². The van der Waals surface area contributed by atoms with Crippen LogP contribution in [-0.4, -0.2) is 55.7 Å². The molecule has 0 aromatic heterocycles. The van der Waals surface area contributed by atoms with Crippen LogP contribution in [0.3, 0.4) is 0 Å². The van der Waals surface area contributed by atoms with Gasteiger partial charge in [0.15, 0.2) is 0 Å². The Morgan fingerprint density at radius 1 is 1.39 bits per heavy atom. The molecule has 4 N–H and O–H groups in total. The van der Waals surface area contributed by atoms with E-state index in [1.54, 1.807) is 0 Å². The topological polar surface area (TPSA) is 92.0 Å². The molecule has 2 rings (SSSR count). The molecular formula is C11H21N5O2. The molecule has 0 atom stereocenters. The first kappa shape index (κ1) is 13.1. The Balaban J connectivity index is 1.68. The van der Waals surface area contributed by atoms with Gasteiger partial charge in [-0.2, -0.15) is 0 Å². The van der Waals surface area contributed by atoms with Crippen LogP contribution in [0.5, 0.6) is 0 Å². The molecule has 1 amide bonds. The predicted octanol–water partition coefficient (Wildman–Crippen LogP) is -1.19. The van der Waals surface area contributed by atoms with Gasteiger partial charge in [-0.15, -0.1) is 0 Å². The monoisotopic (exact) mass is 255 g/mol. The second kappa shape index (κ2) is 6.55. The van der Waals surface area contributed by atoms with Gasteiger partial charge >= 0.3 is 0 Å². The van der Waals surface area contributed by atoms with Gasteiger partial charge in [0.1, 0.15) is 0 Å². The summed E-state index contributed by atoms with van der Waals surface area (Å²) in [5.41, 5.74) is 2.52. The van der Waals surface area contributed by atoms with E-state index < -0.39 is 0 Å². The maximum absolute atomic E-state index is 11.8. The average molecular weight is 255 g/mol. The first-order valence-electron chi connectivity index (χ1n) is 6.42. The molecule has 0 bridgehead atoms. The summed E-state index contributed by atoms with van der Waals surface area (Å²) in [4.78, 5) is 17.9. The first-order valence-corrected chi connectivity index (χ1v) is 6.42. The molecule has 0 aromatic rings. The van der Waals surface area contributed by atoms with Crippen molar-refractivity contribution in [1.29, 1.82) is 0 Å². The van der Waals surface area contributed by atoms with Crippen LogP contribution in [0.15, 0.2) is 4.99 Å². The summed E-state index contributed by atoms with van der Waals surface area (Å²) in [7, 11) is 0. The van der Waals surface area contributed by atoms with Crippen LogP contribution in [0, 0.1) is 0 Å². The summed E-state index contributed by atoms with van der Waals surface area (Å²) in [6.07, 6.45) is 2.73. The number of nitrogens with zero attached hydrogens (tertiary/aromatic N) is 2. The van der Waals surface area contributed by atoms with E-state index in [4.69, 9.17) is 10.6 Å². The van der Waals surface area contributed by atoms with Gasteiger partial charge in [0, 0.05) is 25.6 Å². The van der Waals surface area contributed by atoms with Crippen molar-refractivity contribution in [2.75, 3.05) is 32.8 Å². The van der Waals surface area contributed by atoms with Gasteiger partial charge in [-0.3, -0.25) is 15.2 Å². The first-order chi connectivity index (χ1) is 8.79. The number of carbonyl (C=O) groups is 1. The standard InChI is InChI=1S/C11H21N5O2/c12-15-11(14-9-1-2-9)13-4-3-10(17)16-5-7-18-8-6-16/h9H,1-8,12H2,(H2,13,14,15). The SMILES string of the molecule is NNC(=NCCC(=O)N1CCOCC1)NC1CC1. The molecule has 1 aliphatic carbocycles. The largest absolute Gasteiger partial charge is 0.378 e. The molecule has 0 unspecified atom stereocenters. The number of aliphatic imine (C=N–C) groups is 1. The molecule has 102 valence electrons. The van der Waals surface area contributed by atoms with Crippen LogP contribution in [0.25, 0.3) is 0 Å². The number of rotatable bonds is 4. The van der Waals surface area contributed by atoms with E-state index in [-0.39, 0.29) is 5.91 Å². The number of amides is 1. The number of hydrogen-bond acceptors (Lipinski definition) is 4. The van der Waals surface area contributed by atoms with Crippen molar-refractivity contribution in [3.8, 4) is 0 Å². The quantitative estimate of drug-likeness (QED) is 0.254. The highest BCUT2D eigenvalue weighted by Crippen LogP contribution is 2.18. The smallest absolute Gasteiger partial charge is 0.224 e. The Bertz CT molecular complexity index is 311. The van der Waals surface area contributed by atoms with Crippen LogP contribution in [0.1, 0.15) is 19.3 Å². The highest BCUT2D eigenvalue weighted by Gasteiger charge is 2.22. The van der Waals surface area contributed by atoms with Gasteiger partial charge in [-0.1, -0.05) is 0 Å². The van der Waals surface area contributed by atoms with Crippen LogP contribution >= 0.6 is 0 Å². The van der Waals surface area contributed by atoms with Crippen molar-refractivity contribution < 1.29 is 9.53 Å². The minimum absolute atomic E-state index is 0.129. The molecule has 2 aliphatic rings. The highest BCUT2D eigenvalue weighted by molar-refractivity contribution is 5.80. The average Bonchev–Trinajstić information content (AvgIpc) is 3.22. The fourth-order valence-corrected chi connectivity index (χ4v) is 1.79. The van der Waals surface area contributed by atoms with E-state index >= 15 is 0 Å². The Labute approximate surface area is 107 Å². The second-order valence-corrected chi connectivity index (χ2v) is 4.54. The summed E-state index contributed by atoms with van der Waals surface area (Å²) >= 11 is 0. The molecule has 1 heterocycles. The summed E-state index contributed by atoms with van der Waals surface area (Å²) in [5.74, 6) is 6.06. The zero-order valence-corrected chi connectivity index (χ0v) is 10.5. The predicted molar refractivity (Wildman–Crippen MR) is 67.8 cm³/mol. The fourth-order valence-electron chi connectivity index (χ4n) is 1.79. The Kier molecular flexibility index (Phi) is 4.77. The van der Waals surface area contributed by atoms with E-state index in [0.717, 1.165) is 12.8 Å². The minimum atomic E-state index is 0.129. The Morgan fingerprint density at radius 2 is 2.11 bits per heavy atom. The number of guanidine groups is 1. The van der Waals surface area contributed by atoms with Gasteiger partial charge in [0.05, 0.1) is 19.8 Å². The molecule has 0 spiro atoms. The van der Waals surface area contributed by atoms with Crippen molar-refractivity contribution in [2.24, 2.45) is 10.8 Å². The fraction of sp³-hybridized carbons (Fsp3) is 0.818. The molecular weight excluding hydrogens is 234 g/mol. The van der Waals surface area contributed by atoms with Gasteiger partial charge in [-0.25, -0.2) is 5.84 Å². The van der Waals surface area contributed by atoms with Crippen molar-refractivity contribution in [3.63, 3.8) is 0 Å². The number of carbonyl (C=O) groups excluding carboxylic acids is 1. The van der Waals surface area contributed by atoms with E-state index in [2.05, 4.69) is 15.7 Å². The van der Waals surface area contributed by atoms with E-state index in [1.807, 2.05) is 4.90 Å². The highest BCUT2D eigenvalue weighted by atomic mass is 16.5. The van der Waals surface area contributed by atoms with Crippen LogP contribution in [0.2, 0.25) is 0 Å². The van der Waals surface area contributed by atoms with Gasteiger partial charge in [0.25, 0.3) is 0 Å². The number of hydrogen-bond donors (Lipinski definition) is 3. The van der Waals surface area contributed by atoms with Crippen LogP contribution in [-0.2, 0) is 9.53 Å². The number of hydrazine groups is 1. The van der Waals surface area contributed by atoms with Gasteiger partial charge < -0.3 is 15.0 Å². The van der Waals surface area contributed by atoms with E-state index in [0.29, 0.717) is 51.3 Å². The second-order valence-electron chi connectivity index (χ2n) is 4.54. The Hall–Kier alpha value is -1.34. The molecule has 1 saturated heterocycles. The van der Waals surface area contributed by atoms with Gasteiger partial charge in [0.2, 0.25) is 11.9 Å². The minimum Gasteiger partial charge on any atom is -0.378 e. The number of nitrogens with one attached hydrogen (secondary N) is 2. The number of nitrogens with two attached hydrogens (primary N) is 1. The summed E-state index contributed by atoms with van der Waals surface area (Å²) < 4.78 is 5.20. The van der Waals surface area contributed by atoms with E-state index in [9.17, 15) is 4.79 Å². The zero-order valence-electron chi connectivity index (χ0n) is 10.5. The lowest BCUT2D eigenvalue weighted by Gasteiger charge is -2.26. The van der Waals surface area contributed by atoms with Crippen molar-refractivity contribution in [1.82, 2.24) is 15.6 Å². The van der Waals surface area contributed by atoms with Crippen molar-refractivity contribution >= 4 is 11.9 Å². The van der Waals surface area contributed by atoms with Gasteiger partial charge in [-0.05, 0) is 12.8 Å². The Morgan fingerprint density at radius 3 is 2.72 bits per heavy atom. The molecule has 7 nitrogen and oxygen atoms in total. The normalized spacial score (nSPS) is 20.7. The molecule has 0 radical (unpaired) electrons. The molecule has 2 fully saturated rings. The third-order valence-corrected chi connectivity index (χ3v) is 3.01. The van der Waals surface area contributed by atoms with Crippen LogP contribution in [0.4, 0.5) is 0 Å². The van der Waals surface area contributed by atoms with Crippen molar-refractivity contribution in [2.45, 2.75) is 25.3 Å². The lowest BCUT2D eigenvalue weighted by Crippen LogP contribution is -2.43.